The minimum Gasteiger partial charge on any atom is -0.472 e. The van der Waals surface area contributed by atoms with Gasteiger partial charge in [0.1, 0.15) is 5.75 Å². The summed E-state index contributed by atoms with van der Waals surface area (Å²) < 4.78 is 5.73. The number of likely N-dealkylation sites (N-methyl/N-ethyl adjacent to an activating group) is 1. The molecular weight excluding hydrogens is 150 g/mol. The second kappa shape index (κ2) is 2.49. The van der Waals surface area contributed by atoms with Crippen molar-refractivity contribution in [3.05, 3.63) is 29.8 Å². The van der Waals surface area contributed by atoms with Crippen LogP contribution in [-0.2, 0) is 6.42 Å². The van der Waals surface area contributed by atoms with E-state index in [1.807, 2.05) is 25.2 Å². The zero-order chi connectivity index (χ0) is 8.60. The highest BCUT2D eigenvalue weighted by Gasteiger charge is 2.32. The van der Waals surface area contributed by atoms with Crippen LogP contribution < -0.4 is 10.1 Å². The molecule has 0 radical (unpaired) electrons. The maximum atomic E-state index is 5.73. The molecule has 1 aromatic rings. The summed E-state index contributed by atoms with van der Waals surface area (Å²) in [7, 11) is 1.92. The van der Waals surface area contributed by atoms with Crippen molar-refractivity contribution in [2.45, 2.75) is 19.1 Å². The van der Waals surface area contributed by atoms with Gasteiger partial charge in [0.25, 0.3) is 0 Å². The average Bonchev–Trinajstić information content (AvgIpc) is 2.42. The van der Waals surface area contributed by atoms with Gasteiger partial charge in [0.15, 0.2) is 5.72 Å². The Kier molecular flexibility index (Phi) is 1.58. The highest BCUT2D eigenvalue weighted by atomic mass is 16.5. The molecule has 0 fully saturated rings. The van der Waals surface area contributed by atoms with Crippen LogP contribution in [-0.4, -0.2) is 12.8 Å². The minimum absolute atomic E-state index is 0.205. The summed E-state index contributed by atoms with van der Waals surface area (Å²) in [5, 5.41) is 3.16. The Labute approximate surface area is 72.5 Å². The van der Waals surface area contributed by atoms with E-state index in [0.29, 0.717) is 0 Å². The fraction of sp³-hybridized carbons (Fsp3) is 0.400. The largest absolute Gasteiger partial charge is 0.472 e. The summed E-state index contributed by atoms with van der Waals surface area (Å²) in [5.74, 6) is 1.01. The van der Waals surface area contributed by atoms with Crippen molar-refractivity contribution in [3.8, 4) is 5.75 Å². The van der Waals surface area contributed by atoms with E-state index in [4.69, 9.17) is 4.74 Å². The molecule has 64 valence electrons. The molecule has 0 saturated heterocycles. The first kappa shape index (κ1) is 7.62. The zero-order valence-corrected chi connectivity index (χ0v) is 7.42. The van der Waals surface area contributed by atoms with Crippen molar-refractivity contribution in [3.63, 3.8) is 0 Å². The van der Waals surface area contributed by atoms with Crippen molar-refractivity contribution in [2.24, 2.45) is 0 Å². The number of benzene rings is 1. The van der Waals surface area contributed by atoms with Crippen LogP contribution >= 0.6 is 0 Å². The molecule has 1 aliphatic rings. The molecule has 0 aliphatic carbocycles. The highest BCUT2D eigenvalue weighted by Crippen LogP contribution is 2.32. The van der Waals surface area contributed by atoms with Crippen molar-refractivity contribution >= 4 is 0 Å². The molecule has 12 heavy (non-hydrogen) atoms. The molecule has 0 aromatic heterocycles. The SMILES string of the molecule is CNC1(C)Cc2ccccc2O1. The summed E-state index contributed by atoms with van der Waals surface area (Å²) in [6.45, 7) is 2.06. The molecule has 0 spiro atoms. The third kappa shape index (κ3) is 1.08. The molecule has 1 aliphatic heterocycles. The van der Waals surface area contributed by atoms with E-state index in [-0.39, 0.29) is 5.72 Å². The Morgan fingerprint density at radius 1 is 1.42 bits per heavy atom. The van der Waals surface area contributed by atoms with E-state index in [1.54, 1.807) is 0 Å². The van der Waals surface area contributed by atoms with Crippen molar-refractivity contribution in [1.82, 2.24) is 5.32 Å². The molecule has 1 aromatic carbocycles. The van der Waals surface area contributed by atoms with Gasteiger partial charge in [-0.15, -0.1) is 0 Å². The van der Waals surface area contributed by atoms with Gasteiger partial charge in [0.2, 0.25) is 0 Å². The smallest absolute Gasteiger partial charge is 0.162 e. The molecule has 0 amide bonds. The topological polar surface area (TPSA) is 21.3 Å². The van der Waals surface area contributed by atoms with Crippen molar-refractivity contribution in [1.29, 1.82) is 0 Å². The van der Waals surface area contributed by atoms with E-state index < -0.39 is 0 Å². The quantitative estimate of drug-likeness (QED) is 0.678. The summed E-state index contributed by atoms with van der Waals surface area (Å²) in [5.41, 5.74) is 1.08. The lowest BCUT2D eigenvalue weighted by atomic mass is 10.1. The molecule has 1 atom stereocenters. The van der Waals surface area contributed by atoms with Crippen LogP contribution in [0.25, 0.3) is 0 Å². The lowest BCUT2D eigenvalue weighted by Crippen LogP contribution is -2.44. The standard InChI is InChI=1S/C10H13NO/c1-10(11-2)7-8-5-3-4-6-9(8)12-10/h3-6,11H,7H2,1-2H3. The first-order chi connectivity index (χ1) is 5.73. The second-order valence-corrected chi connectivity index (χ2v) is 3.37. The fourth-order valence-corrected chi connectivity index (χ4v) is 1.53. The number of ether oxygens (including phenoxy) is 1. The third-order valence-electron chi connectivity index (χ3n) is 2.36. The van der Waals surface area contributed by atoms with Crippen molar-refractivity contribution < 1.29 is 4.74 Å². The maximum absolute atomic E-state index is 5.73. The van der Waals surface area contributed by atoms with E-state index >= 15 is 0 Å². The molecule has 1 unspecified atom stereocenters. The number of fused-ring (bicyclic) bond motifs is 1. The summed E-state index contributed by atoms with van der Waals surface area (Å²) in [6.07, 6.45) is 0.944. The van der Waals surface area contributed by atoms with Gasteiger partial charge >= 0.3 is 0 Å². The Balaban J connectivity index is 2.33. The van der Waals surface area contributed by atoms with Crippen LogP contribution in [0, 0.1) is 0 Å². The molecule has 0 saturated carbocycles. The monoisotopic (exact) mass is 163 g/mol. The maximum Gasteiger partial charge on any atom is 0.162 e. The second-order valence-electron chi connectivity index (χ2n) is 3.37. The first-order valence-corrected chi connectivity index (χ1v) is 4.19. The van der Waals surface area contributed by atoms with Gasteiger partial charge in [-0.2, -0.15) is 0 Å². The molecule has 1 heterocycles. The summed E-state index contributed by atoms with van der Waals surface area (Å²) >= 11 is 0. The molecule has 2 nitrogen and oxygen atoms in total. The van der Waals surface area contributed by atoms with Crippen LogP contribution in [0.15, 0.2) is 24.3 Å². The van der Waals surface area contributed by atoms with Crippen LogP contribution in [0.3, 0.4) is 0 Å². The van der Waals surface area contributed by atoms with Gasteiger partial charge in [-0.25, -0.2) is 0 Å². The van der Waals surface area contributed by atoms with Gasteiger partial charge in [-0.3, -0.25) is 5.32 Å². The Hall–Kier alpha value is -1.02. The van der Waals surface area contributed by atoms with Crippen LogP contribution in [0.2, 0.25) is 0 Å². The van der Waals surface area contributed by atoms with Gasteiger partial charge in [0.05, 0.1) is 0 Å². The van der Waals surface area contributed by atoms with Gasteiger partial charge in [-0.1, -0.05) is 18.2 Å². The molecule has 1 N–H and O–H groups in total. The Morgan fingerprint density at radius 3 is 2.83 bits per heavy atom. The van der Waals surface area contributed by atoms with Crippen LogP contribution in [0.5, 0.6) is 5.75 Å². The van der Waals surface area contributed by atoms with Gasteiger partial charge in [-0.05, 0) is 25.6 Å². The minimum atomic E-state index is -0.205. The lowest BCUT2D eigenvalue weighted by molar-refractivity contribution is 0.0860. The first-order valence-electron chi connectivity index (χ1n) is 4.19. The van der Waals surface area contributed by atoms with Crippen LogP contribution in [0.4, 0.5) is 0 Å². The highest BCUT2D eigenvalue weighted by molar-refractivity contribution is 5.38. The molecule has 2 heteroatoms. The van der Waals surface area contributed by atoms with Crippen molar-refractivity contribution in [2.75, 3.05) is 7.05 Å². The number of hydrogen-bond acceptors (Lipinski definition) is 2. The molecule has 2 rings (SSSR count). The Morgan fingerprint density at radius 2 is 2.17 bits per heavy atom. The number of para-hydroxylation sites is 1. The van der Waals surface area contributed by atoms with Gasteiger partial charge in [0, 0.05) is 6.42 Å². The molecule has 0 bridgehead atoms. The van der Waals surface area contributed by atoms with E-state index in [9.17, 15) is 0 Å². The zero-order valence-electron chi connectivity index (χ0n) is 7.42. The summed E-state index contributed by atoms with van der Waals surface area (Å²) in [6, 6.07) is 8.17. The van der Waals surface area contributed by atoms with Crippen LogP contribution in [0.1, 0.15) is 12.5 Å². The average molecular weight is 163 g/mol. The van der Waals surface area contributed by atoms with E-state index in [2.05, 4.69) is 18.3 Å². The number of hydrogen-bond donors (Lipinski definition) is 1. The fourth-order valence-electron chi connectivity index (χ4n) is 1.53. The summed E-state index contributed by atoms with van der Waals surface area (Å²) in [4.78, 5) is 0. The predicted molar refractivity (Wildman–Crippen MR) is 48.2 cm³/mol. The lowest BCUT2D eigenvalue weighted by Gasteiger charge is -2.22. The molecular formula is C10H13NO. The number of rotatable bonds is 1. The predicted octanol–water partition coefficient (Wildman–Crippen LogP) is 1.56. The third-order valence-corrected chi connectivity index (χ3v) is 2.36. The van der Waals surface area contributed by atoms with Gasteiger partial charge < -0.3 is 4.74 Å². The van der Waals surface area contributed by atoms with E-state index in [0.717, 1.165) is 12.2 Å². The Bertz CT molecular complexity index is 271. The normalized spacial score (nSPS) is 26.5. The number of nitrogens with one attached hydrogen (secondary N) is 1. The van der Waals surface area contributed by atoms with E-state index in [1.165, 1.54) is 5.56 Å².